The van der Waals surface area contributed by atoms with E-state index in [1.807, 2.05) is 4.90 Å². The number of rotatable bonds is 7. The summed E-state index contributed by atoms with van der Waals surface area (Å²) in [5, 5.41) is 27.0. The fraction of sp³-hybridized carbons (Fsp3) is 0.500. The molecule has 2 bridgehead atoms. The first-order valence-corrected chi connectivity index (χ1v) is 12.8. The number of anilines is 1. The van der Waals surface area contributed by atoms with Crippen molar-refractivity contribution in [3.63, 3.8) is 0 Å². The molecule has 1 aromatic carbocycles. The Hall–Kier alpha value is -3.36. The monoisotopic (exact) mass is 509 g/mol. The maximum atomic E-state index is 15.2. The maximum Gasteiger partial charge on any atom is 0.233 e. The third-order valence-corrected chi connectivity index (χ3v) is 8.08. The molecular formula is C28H33F2N5O2. The van der Waals surface area contributed by atoms with E-state index in [1.165, 1.54) is 51.1 Å². The van der Waals surface area contributed by atoms with Gasteiger partial charge in [0.05, 0.1) is 24.6 Å². The van der Waals surface area contributed by atoms with Gasteiger partial charge in [-0.25, -0.2) is 8.78 Å². The van der Waals surface area contributed by atoms with Crippen LogP contribution < -0.4 is 9.64 Å². The third-order valence-electron chi connectivity index (χ3n) is 8.08. The van der Waals surface area contributed by atoms with Crippen molar-refractivity contribution in [2.45, 2.75) is 58.4 Å². The van der Waals surface area contributed by atoms with Gasteiger partial charge in [-0.05, 0) is 72.8 Å². The Morgan fingerprint density at radius 3 is 2.43 bits per heavy atom. The lowest BCUT2D eigenvalue weighted by atomic mass is 9.55. The summed E-state index contributed by atoms with van der Waals surface area (Å²) in [5.74, 6) is -0.0563. The number of alkyl halides is 1. The first-order valence-electron chi connectivity index (χ1n) is 12.8. The number of hydrogen-bond donors (Lipinski definition) is 1. The summed E-state index contributed by atoms with van der Waals surface area (Å²) in [4.78, 5) is 2.03. The van der Waals surface area contributed by atoms with Crippen molar-refractivity contribution >= 4 is 5.82 Å². The van der Waals surface area contributed by atoms with E-state index in [9.17, 15) is 9.50 Å². The molecule has 0 amide bonds. The SMILES string of the molecule is COc1cc(-c2cc(O)c(-c3ccc(N(CCF)C4C[C@]5(C)CCC[C@](C)(C4)C5)nn3)c(F)c2)cnn1. The smallest absolute Gasteiger partial charge is 0.233 e. The minimum atomic E-state index is -0.644. The van der Waals surface area contributed by atoms with Crippen molar-refractivity contribution in [2.75, 3.05) is 25.2 Å². The molecular weight excluding hydrogens is 476 g/mol. The molecule has 9 heteroatoms. The van der Waals surface area contributed by atoms with E-state index < -0.39 is 12.5 Å². The molecule has 1 N–H and O–H groups in total. The van der Waals surface area contributed by atoms with Gasteiger partial charge in [0, 0.05) is 24.2 Å². The number of halogens is 2. The van der Waals surface area contributed by atoms with Gasteiger partial charge >= 0.3 is 0 Å². The summed E-state index contributed by atoms with van der Waals surface area (Å²) < 4.78 is 33.9. The highest BCUT2D eigenvalue weighted by Gasteiger charge is 2.47. The summed E-state index contributed by atoms with van der Waals surface area (Å²) in [6.07, 6.45) is 8.31. The second-order valence-corrected chi connectivity index (χ2v) is 11.2. The van der Waals surface area contributed by atoms with Gasteiger partial charge in [-0.1, -0.05) is 20.3 Å². The predicted octanol–water partition coefficient (Wildman–Crippen LogP) is 5.98. The molecule has 2 aromatic heterocycles. The van der Waals surface area contributed by atoms with Crippen LogP contribution in [0.2, 0.25) is 0 Å². The highest BCUT2D eigenvalue weighted by atomic mass is 19.1. The Bertz CT molecular complexity index is 1230. The van der Waals surface area contributed by atoms with Crippen LogP contribution >= 0.6 is 0 Å². The molecule has 0 spiro atoms. The second kappa shape index (κ2) is 9.84. The number of benzene rings is 1. The maximum absolute atomic E-state index is 15.2. The lowest BCUT2D eigenvalue weighted by molar-refractivity contribution is 0.0128. The number of nitrogens with zero attached hydrogens (tertiary/aromatic N) is 5. The first kappa shape index (κ1) is 25.3. The quantitative estimate of drug-likeness (QED) is 0.419. The van der Waals surface area contributed by atoms with Crippen LogP contribution in [0.25, 0.3) is 22.4 Å². The van der Waals surface area contributed by atoms with Crippen molar-refractivity contribution in [3.05, 3.63) is 42.3 Å². The fourth-order valence-electron chi connectivity index (χ4n) is 6.73. The molecule has 2 saturated carbocycles. The molecule has 5 rings (SSSR count). The number of aromatic nitrogens is 4. The molecule has 0 saturated heterocycles. The molecule has 2 heterocycles. The summed E-state index contributed by atoms with van der Waals surface area (Å²) in [5.41, 5.74) is 1.65. The van der Waals surface area contributed by atoms with Gasteiger partial charge in [-0.2, -0.15) is 5.10 Å². The summed E-state index contributed by atoms with van der Waals surface area (Å²) in [7, 11) is 1.46. The van der Waals surface area contributed by atoms with Crippen LogP contribution in [0.4, 0.5) is 14.6 Å². The largest absolute Gasteiger partial charge is 0.507 e. The number of phenolic OH excluding ortho intramolecular Hbond substituents is 1. The van der Waals surface area contributed by atoms with Crippen LogP contribution in [0.1, 0.15) is 52.4 Å². The summed E-state index contributed by atoms with van der Waals surface area (Å²) in [6, 6.07) is 7.92. The molecule has 2 aliphatic carbocycles. The van der Waals surface area contributed by atoms with E-state index in [4.69, 9.17) is 4.74 Å². The third kappa shape index (κ3) is 5.08. The predicted molar refractivity (Wildman–Crippen MR) is 138 cm³/mol. The van der Waals surface area contributed by atoms with Gasteiger partial charge < -0.3 is 14.7 Å². The zero-order chi connectivity index (χ0) is 26.2. The minimum Gasteiger partial charge on any atom is -0.507 e. The number of phenols is 1. The highest BCUT2D eigenvalue weighted by Crippen LogP contribution is 2.56. The van der Waals surface area contributed by atoms with E-state index in [1.54, 1.807) is 18.2 Å². The lowest BCUT2D eigenvalue weighted by Gasteiger charge is -2.54. The molecule has 3 aromatic rings. The molecule has 3 atom stereocenters. The van der Waals surface area contributed by atoms with Crippen LogP contribution in [-0.2, 0) is 0 Å². The van der Waals surface area contributed by atoms with Crippen LogP contribution in [0.15, 0.2) is 36.5 Å². The van der Waals surface area contributed by atoms with Crippen LogP contribution in [-0.4, -0.2) is 51.9 Å². The van der Waals surface area contributed by atoms with E-state index >= 15 is 4.39 Å². The van der Waals surface area contributed by atoms with Gasteiger partial charge in [-0.15, -0.1) is 15.3 Å². The van der Waals surface area contributed by atoms with Crippen molar-refractivity contribution < 1.29 is 18.6 Å². The molecule has 2 fully saturated rings. The normalized spacial score (nSPS) is 25.1. The van der Waals surface area contributed by atoms with Crippen molar-refractivity contribution in [1.82, 2.24) is 20.4 Å². The van der Waals surface area contributed by atoms with Gasteiger partial charge in [0.1, 0.15) is 18.2 Å². The Morgan fingerprint density at radius 1 is 1.05 bits per heavy atom. The number of fused-ring (bicyclic) bond motifs is 2. The zero-order valence-electron chi connectivity index (χ0n) is 21.5. The van der Waals surface area contributed by atoms with Crippen LogP contribution in [0, 0.1) is 16.6 Å². The van der Waals surface area contributed by atoms with Gasteiger partial charge in [-0.3, -0.25) is 0 Å². The Balaban J connectivity index is 1.42. The zero-order valence-corrected chi connectivity index (χ0v) is 21.5. The molecule has 37 heavy (non-hydrogen) atoms. The molecule has 0 radical (unpaired) electrons. The van der Waals surface area contributed by atoms with Crippen LogP contribution in [0.5, 0.6) is 11.6 Å². The Kier molecular flexibility index (Phi) is 6.72. The first-order chi connectivity index (χ1) is 17.7. The van der Waals surface area contributed by atoms with Crippen molar-refractivity contribution in [3.8, 4) is 34.0 Å². The molecule has 0 aliphatic heterocycles. The Labute approximate surface area is 215 Å². The lowest BCUT2D eigenvalue weighted by Crippen LogP contribution is -2.50. The standard InChI is InChI=1S/C28H33F2N5O2/c1-27-7-4-8-28(2,17-27)15-20(14-27)35(10-9-29)24-6-5-22(32-33-24)26-21(30)11-18(12-23(26)36)19-13-25(37-3)34-31-16-19/h5-6,11-13,16,20,36H,4,7-10,14-15,17H2,1-3H3/t20?,27-,28+. The van der Waals surface area contributed by atoms with Crippen molar-refractivity contribution in [1.29, 1.82) is 0 Å². The van der Waals surface area contributed by atoms with E-state index in [0.29, 0.717) is 16.9 Å². The highest BCUT2D eigenvalue weighted by molar-refractivity contribution is 5.75. The van der Waals surface area contributed by atoms with Crippen LogP contribution in [0.3, 0.4) is 0 Å². The van der Waals surface area contributed by atoms with Gasteiger partial charge in [0.15, 0.2) is 5.82 Å². The van der Waals surface area contributed by atoms with E-state index in [-0.39, 0.29) is 46.3 Å². The minimum absolute atomic E-state index is 0.0407. The fourth-order valence-corrected chi connectivity index (χ4v) is 6.73. The molecule has 1 unspecified atom stereocenters. The molecule has 2 aliphatic rings. The average molecular weight is 510 g/mol. The van der Waals surface area contributed by atoms with E-state index in [0.717, 1.165) is 12.8 Å². The Morgan fingerprint density at radius 2 is 1.81 bits per heavy atom. The number of aromatic hydroxyl groups is 1. The summed E-state index contributed by atoms with van der Waals surface area (Å²) >= 11 is 0. The number of ether oxygens (including phenoxy) is 1. The number of methoxy groups -OCH3 is 1. The number of hydrogen-bond acceptors (Lipinski definition) is 7. The molecule has 196 valence electrons. The molecule has 7 nitrogen and oxygen atoms in total. The second-order valence-electron chi connectivity index (χ2n) is 11.2. The van der Waals surface area contributed by atoms with Gasteiger partial charge in [0.25, 0.3) is 0 Å². The van der Waals surface area contributed by atoms with Crippen molar-refractivity contribution in [2.24, 2.45) is 10.8 Å². The average Bonchev–Trinajstić information content (AvgIpc) is 2.86. The summed E-state index contributed by atoms with van der Waals surface area (Å²) in [6.45, 7) is 4.46. The van der Waals surface area contributed by atoms with E-state index in [2.05, 4.69) is 34.2 Å². The van der Waals surface area contributed by atoms with Gasteiger partial charge in [0.2, 0.25) is 5.88 Å². The topological polar surface area (TPSA) is 84.3 Å².